The van der Waals surface area contributed by atoms with Gasteiger partial charge in [-0.05, 0) is 31.2 Å². The number of carbonyl (C=O) groups excluding carboxylic acids is 4. The Hall–Kier alpha value is -3.88. The number of ether oxygens (including phenoxy) is 3. The van der Waals surface area contributed by atoms with Gasteiger partial charge < -0.3 is 19.5 Å². The fourth-order valence-corrected chi connectivity index (χ4v) is 2.78. The van der Waals surface area contributed by atoms with Crippen molar-refractivity contribution in [1.82, 2.24) is 10.6 Å². The molecule has 1 heterocycles. The van der Waals surface area contributed by atoms with Gasteiger partial charge in [0.15, 0.2) is 23.9 Å². The van der Waals surface area contributed by atoms with Crippen LogP contribution in [0.3, 0.4) is 0 Å². The molecule has 0 fully saturated rings. The van der Waals surface area contributed by atoms with Crippen LogP contribution in [0, 0.1) is 0 Å². The van der Waals surface area contributed by atoms with Gasteiger partial charge in [0.1, 0.15) is 13.2 Å². The van der Waals surface area contributed by atoms with Crippen molar-refractivity contribution < 1.29 is 33.4 Å². The lowest BCUT2D eigenvalue weighted by Gasteiger charge is -2.18. The topological polar surface area (TPSA) is 120 Å². The molecule has 3 rings (SSSR count). The molecule has 0 atom stereocenters. The van der Waals surface area contributed by atoms with Crippen LogP contribution < -0.4 is 20.1 Å². The molecule has 0 aromatic heterocycles. The SMILES string of the molecule is CCNC(=O)NC(=O)COC(=O)c1ccccc1C(=O)c1ccc2c(c1)OCCO2. The van der Waals surface area contributed by atoms with E-state index in [0.29, 0.717) is 36.8 Å². The summed E-state index contributed by atoms with van der Waals surface area (Å²) < 4.78 is 15.9. The predicted octanol–water partition coefficient (Wildman–Crippen LogP) is 1.69. The van der Waals surface area contributed by atoms with Gasteiger partial charge >= 0.3 is 12.0 Å². The van der Waals surface area contributed by atoms with E-state index in [-0.39, 0.29) is 11.1 Å². The number of urea groups is 1. The molecule has 0 unspecified atom stereocenters. The monoisotopic (exact) mass is 412 g/mol. The zero-order chi connectivity index (χ0) is 21.5. The summed E-state index contributed by atoms with van der Waals surface area (Å²) in [5, 5.41) is 4.41. The fourth-order valence-electron chi connectivity index (χ4n) is 2.78. The summed E-state index contributed by atoms with van der Waals surface area (Å²) in [5.74, 6) is -1.06. The molecule has 30 heavy (non-hydrogen) atoms. The van der Waals surface area contributed by atoms with Crippen molar-refractivity contribution in [2.75, 3.05) is 26.4 Å². The normalized spacial score (nSPS) is 11.9. The lowest BCUT2D eigenvalue weighted by atomic mass is 9.98. The third kappa shape index (κ3) is 4.93. The van der Waals surface area contributed by atoms with Crippen molar-refractivity contribution >= 4 is 23.7 Å². The highest BCUT2D eigenvalue weighted by molar-refractivity contribution is 6.14. The number of carbonyl (C=O) groups is 4. The van der Waals surface area contributed by atoms with Crippen LogP contribution >= 0.6 is 0 Å². The van der Waals surface area contributed by atoms with Gasteiger partial charge in [0.25, 0.3) is 5.91 Å². The number of imide groups is 1. The van der Waals surface area contributed by atoms with E-state index in [1.165, 1.54) is 12.1 Å². The summed E-state index contributed by atoms with van der Waals surface area (Å²) in [6, 6.07) is 10.2. The second-order valence-electron chi connectivity index (χ2n) is 6.22. The highest BCUT2D eigenvalue weighted by Gasteiger charge is 2.22. The summed E-state index contributed by atoms with van der Waals surface area (Å²) in [4.78, 5) is 48.4. The number of amides is 3. The van der Waals surface area contributed by atoms with Gasteiger partial charge in [0, 0.05) is 17.7 Å². The lowest BCUT2D eigenvalue weighted by molar-refractivity contribution is -0.123. The second-order valence-corrected chi connectivity index (χ2v) is 6.22. The molecule has 0 radical (unpaired) electrons. The Morgan fingerprint density at radius 2 is 1.67 bits per heavy atom. The molecule has 1 aliphatic heterocycles. The Bertz CT molecular complexity index is 987. The quantitative estimate of drug-likeness (QED) is 0.547. The molecule has 0 saturated heterocycles. The third-order valence-electron chi connectivity index (χ3n) is 4.12. The molecule has 9 nitrogen and oxygen atoms in total. The second kappa shape index (κ2) is 9.55. The highest BCUT2D eigenvalue weighted by atomic mass is 16.6. The smallest absolute Gasteiger partial charge is 0.339 e. The summed E-state index contributed by atoms with van der Waals surface area (Å²) >= 11 is 0. The van der Waals surface area contributed by atoms with Crippen LogP contribution in [0.4, 0.5) is 4.79 Å². The Morgan fingerprint density at radius 3 is 2.40 bits per heavy atom. The molecule has 3 amide bonds. The van der Waals surface area contributed by atoms with Crippen molar-refractivity contribution in [3.05, 3.63) is 59.2 Å². The van der Waals surface area contributed by atoms with Crippen molar-refractivity contribution in [1.29, 1.82) is 0 Å². The average Bonchev–Trinajstić information content (AvgIpc) is 2.76. The third-order valence-corrected chi connectivity index (χ3v) is 4.12. The zero-order valence-corrected chi connectivity index (χ0v) is 16.2. The average molecular weight is 412 g/mol. The highest BCUT2D eigenvalue weighted by Crippen LogP contribution is 2.31. The minimum atomic E-state index is -0.859. The van der Waals surface area contributed by atoms with Gasteiger partial charge in [-0.3, -0.25) is 14.9 Å². The molecule has 2 aromatic carbocycles. The van der Waals surface area contributed by atoms with Crippen LogP contribution in [0.25, 0.3) is 0 Å². The van der Waals surface area contributed by atoms with Crippen molar-refractivity contribution in [3.8, 4) is 11.5 Å². The summed E-state index contributed by atoms with van der Waals surface area (Å²) in [7, 11) is 0. The molecule has 1 aliphatic rings. The van der Waals surface area contributed by atoms with E-state index >= 15 is 0 Å². The Labute approximate surface area is 172 Å². The Balaban J connectivity index is 1.72. The first-order chi connectivity index (χ1) is 14.5. The van der Waals surface area contributed by atoms with Crippen molar-refractivity contribution in [3.63, 3.8) is 0 Å². The molecule has 2 N–H and O–H groups in total. The van der Waals surface area contributed by atoms with Crippen LogP contribution in [0.1, 0.15) is 33.2 Å². The van der Waals surface area contributed by atoms with Gasteiger partial charge in [0.2, 0.25) is 0 Å². The molecule has 0 aliphatic carbocycles. The molecular formula is C21H20N2O7. The van der Waals surface area contributed by atoms with Crippen LogP contribution in [0.15, 0.2) is 42.5 Å². The first-order valence-corrected chi connectivity index (χ1v) is 9.27. The summed E-state index contributed by atoms with van der Waals surface area (Å²) in [6.45, 7) is 2.19. The minimum Gasteiger partial charge on any atom is -0.486 e. The summed E-state index contributed by atoms with van der Waals surface area (Å²) in [5.41, 5.74) is 0.431. The fraction of sp³-hybridized carbons (Fsp3) is 0.238. The van der Waals surface area contributed by atoms with Crippen LogP contribution in [0.5, 0.6) is 11.5 Å². The van der Waals surface area contributed by atoms with Gasteiger partial charge in [-0.2, -0.15) is 0 Å². The number of rotatable bonds is 6. The molecule has 156 valence electrons. The molecule has 9 heteroatoms. The summed E-state index contributed by atoms with van der Waals surface area (Å²) in [6.07, 6.45) is 0. The van der Waals surface area contributed by atoms with Crippen molar-refractivity contribution in [2.24, 2.45) is 0 Å². The van der Waals surface area contributed by atoms with Gasteiger partial charge in [-0.25, -0.2) is 9.59 Å². The van der Waals surface area contributed by atoms with E-state index in [1.54, 1.807) is 37.3 Å². The number of ketones is 1. The number of nitrogens with one attached hydrogen (secondary N) is 2. The van der Waals surface area contributed by atoms with E-state index in [4.69, 9.17) is 14.2 Å². The Morgan fingerprint density at radius 1 is 0.967 bits per heavy atom. The zero-order valence-electron chi connectivity index (χ0n) is 16.2. The number of fused-ring (bicyclic) bond motifs is 1. The van der Waals surface area contributed by atoms with Crippen molar-refractivity contribution in [2.45, 2.75) is 6.92 Å². The van der Waals surface area contributed by atoms with Gasteiger partial charge in [0.05, 0.1) is 5.56 Å². The maximum absolute atomic E-state index is 13.0. The van der Waals surface area contributed by atoms with Crippen LogP contribution in [-0.2, 0) is 9.53 Å². The van der Waals surface area contributed by atoms with E-state index in [0.717, 1.165) is 0 Å². The van der Waals surface area contributed by atoms with E-state index in [1.807, 2.05) is 5.32 Å². The number of hydrogen-bond acceptors (Lipinski definition) is 7. The maximum Gasteiger partial charge on any atom is 0.339 e. The molecule has 0 spiro atoms. The Kier molecular flexibility index (Phi) is 6.63. The molecular weight excluding hydrogens is 392 g/mol. The number of hydrogen-bond donors (Lipinski definition) is 2. The number of benzene rings is 2. The first kappa shape index (κ1) is 20.8. The van der Waals surface area contributed by atoms with E-state index < -0.39 is 30.3 Å². The first-order valence-electron chi connectivity index (χ1n) is 9.27. The largest absolute Gasteiger partial charge is 0.486 e. The van der Waals surface area contributed by atoms with Gasteiger partial charge in [-0.1, -0.05) is 18.2 Å². The number of esters is 1. The predicted molar refractivity (Wildman–Crippen MR) is 105 cm³/mol. The van der Waals surface area contributed by atoms with E-state index in [9.17, 15) is 19.2 Å². The van der Waals surface area contributed by atoms with Crippen LogP contribution in [-0.4, -0.2) is 50.1 Å². The standard InChI is InChI=1S/C21H20N2O7/c1-2-22-21(27)23-18(24)12-30-20(26)15-6-4-3-5-14(15)19(25)13-7-8-16-17(11-13)29-10-9-28-16/h3-8,11H,2,9-10,12H2,1H3,(H2,22,23,24,27). The lowest BCUT2D eigenvalue weighted by Crippen LogP contribution is -2.41. The molecule has 0 bridgehead atoms. The van der Waals surface area contributed by atoms with E-state index in [2.05, 4.69) is 5.32 Å². The molecule has 2 aromatic rings. The maximum atomic E-state index is 13.0. The van der Waals surface area contributed by atoms with Crippen LogP contribution in [0.2, 0.25) is 0 Å². The molecule has 0 saturated carbocycles. The minimum absolute atomic E-state index is 0.00296. The van der Waals surface area contributed by atoms with Gasteiger partial charge in [-0.15, -0.1) is 0 Å².